The molecule has 0 spiro atoms. The predicted molar refractivity (Wildman–Crippen MR) is 49.6 cm³/mol. The van der Waals surface area contributed by atoms with Gasteiger partial charge in [0.05, 0.1) is 0 Å². The molecule has 0 radical (unpaired) electrons. The molecule has 0 aliphatic heterocycles. The van der Waals surface area contributed by atoms with Crippen LogP contribution in [0.25, 0.3) is 0 Å². The minimum Gasteiger partial charge on any atom is -0.329 e. The maximum Gasteiger partial charge on any atom is 0.0102 e. The summed E-state index contributed by atoms with van der Waals surface area (Å²) in [5, 5.41) is 0. The van der Waals surface area contributed by atoms with E-state index in [4.69, 9.17) is 5.73 Å². The minimum atomic E-state index is 0.774. The van der Waals surface area contributed by atoms with Crippen molar-refractivity contribution in [3.63, 3.8) is 0 Å². The molecule has 0 unspecified atom stereocenters. The number of likely N-dealkylation sites (N-methyl/N-ethyl adjacent to an activating group) is 1. The molecule has 0 rings (SSSR count). The molecule has 62 valence electrons. The van der Waals surface area contributed by atoms with Crippen LogP contribution in [0.1, 0.15) is 6.42 Å². The number of hydrogen-bond acceptors (Lipinski definition) is 3. The normalized spacial score (nSPS) is 10.8. The Kier molecular flexibility index (Phi) is 7.58. The van der Waals surface area contributed by atoms with Crippen molar-refractivity contribution in [1.29, 1.82) is 0 Å². The van der Waals surface area contributed by atoms with Crippen LogP contribution in [0.4, 0.5) is 0 Å². The first-order chi connectivity index (χ1) is 4.81. The summed E-state index contributed by atoms with van der Waals surface area (Å²) in [7, 11) is 2.12. The fourth-order valence-electron chi connectivity index (χ4n) is 0.811. The minimum absolute atomic E-state index is 0.774. The van der Waals surface area contributed by atoms with Crippen LogP contribution in [0.3, 0.4) is 0 Å². The summed E-state index contributed by atoms with van der Waals surface area (Å²) in [6, 6.07) is 0. The molecule has 0 aromatic carbocycles. The van der Waals surface area contributed by atoms with Gasteiger partial charge >= 0.3 is 0 Å². The Hall–Kier alpha value is 0.270. The standard InChI is InChI=1S/C7H18N2S/c1-9(6-4-8)5-3-7-10-2/h3-8H2,1-2H3. The third-order valence-electron chi connectivity index (χ3n) is 1.40. The second-order valence-corrected chi connectivity index (χ2v) is 3.42. The van der Waals surface area contributed by atoms with Crippen LogP contribution in [0, 0.1) is 0 Å². The Labute approximate surface area is 68.2 Å². The Bertz CT molecular complexity index is 68.6. The van der Waals surface area contributed by atoms with Gasteiger partial charge in [-0.3, -0.25) is 0 Å². The van der Waals surface area contributed by atoms with Gasteiger partial charge in [-0.1, -0.05) is 0 Å². The lowest BCUT2D eigenvalue weighted by Crippen LogP contribution is -2.26. The van der Waals surface area contributed by atoms with Gasteiger partial charge in [-0.25, -0.2) is 0 Å². The molecule has 0 fully saturated rings. The van der Waals surface area contributed by atoms with E-state index in [-0.39, 0.29) is 0 Å². The van der Waals surface area contributed by atoms with Gasteiger partial charge in [0, 0.05) is 13.1 Å². The van der Waals surface area contributed by atoms with Crippen LogP contribution in [0.2, 0.25) is 0 Å². The summed E-state index contributed by atoms with van der Waals surface area (Å²) in [6.45, 7) is 2.97. The van der Waals surface area contributed by atoms with Crippen molar-refractivity contribution in [3.05, 3.63) is 0 Å². The van der Waals surface area contributed by atoms with Crippen molar-refractivity contribution in [1.82, 2.24) is 4.90 Å². The number of nitrogens with zero attached hydrogens (tertiary/aromatic N) is 1. The third-order valence-corrected chi connectivity index (χ3v) is 2.10. The zero-order chi connectivity index (χ0) is 7.82. The van der Waals surface area contributed by atoms with E-state index in [1.807, 2.05) is 11.8 Å². The summed E-state index contributed by atoms with van der Waals surface area (Å²) in [4.78, 5) is 2.27. The van der Waals surface area contributed by atoms with Gasteiger partial charge in [0.25, 0.3) is 0 Å². The van der Waals surface area contributed by atoms with E-state index >= 15 is 0 Å². The average molecular weight is 162 g/mol. The van der Waals surface area contributed by atoms with E-state index in [0.717, 1.165) is 13.1 Å². The van der Waals surface area contributed by atoms with Crippen LogP contribution >= 0.6 is 11.8 Å². The molecule has 0 aromatic rings. The van der Waals surface area contributed by atoms with Crippen LogP contribution in [0.15, 0.2) is 0 Å². The average Bonchev–Trinajstić information content (AvgIpc) is 1.89. The smallest absolute Gasteiger partial charge is 0.0102 e. The summed E-state index contributed by atoms with van der Waals surface area (Å²) < 4.78 is 0. The highest BCUT2D eigenvalue weighted by Crippen LogP contribution is 1.96. The van der Waals surface area contributed by atoms with Gasteiger partial charge in [0.15, 0.2) is 0 Å². The predicted octanol–water partition coefficient (Wildman–Crippen LogP) is 0.630. The van der Waals surface area contributed by atoms with Crippen molar-refractivity contribution in [2.75, 3.05) is 38.7 Å². The molecule has 0 saturated carbocycles. The summed E-state index contributed by atoms with van der Waals surface area (Å²) in [5.74, 6) is 1.26. The van der Waals surface area contributed by atoms with Crippen molar-refractivity contribution in [3.8, 4) is 0 Å². The Morgan fingerprint density at radius 1 is 1.40 bits per heavy atom. The van der Waals surface area contributed by atoms with E-state index in [9.17, 15) is 0 Å². The van der Waals surface area contributed by atoms with Gasteiger partial charge in [0.2, 0.25) is 0 Å². The van der Waals surface area contributed by atoms with Gasteiger partial charge in [-0.2, -0.15) is 11.8 Å². The molecule has 0 bridgehead atoms. The quantitative estimate of drug-likeness (QED) is 0.581. The van der Waals surface area contributed by atoms with Gasteiger partial charge in [-0.05, 0) is 32.0 Å². The van der Waals surface area contributed by atoms with Crippen molar-refractivity contribution < 1.29 is 0 Å². The number of nitrogens with two attached hydrogens (primary N) is 1. The topological polar surface area (TPSA) is 29.3 Å². The lowest BCUT2D eigenvalue weighted by atomic mass is 10.4. The lowest BCUT2D eigenvalue weighted by molar-refractivity contribution is 0.345. The fourth-order valence-corrected chi connectivity index (χ4v) is 1.23. The van der Waals surface area contributed by atoms with Gasteiger partial charge in [-0.15, -0.1) is 0 Å². The molecule has 0 aliphatic rings. The molecule has 0 aliphatic carbocycles. The summed E-state index contributed by atoms with van der Waals surface area (Å²) in [5.41, 5.74) is 5.39. The van der Waals surface area contributed by atoms with Gasteiger partial charge < -0.3 is 10.6 Å². The van der Waals surface area contributed by atoms with Crippen LogP contribution in [-0.2, 0) is 0 Å². The number of hydrogen-bond donors (Lipinski definition) is 1. The second kappa shape index (κ2) is 7.38. The lowest BCUT2D eigenvalue weighted by Gasteiger charge is -2.13. The van der Waals surface area contributed by atoms with E-state index in [1.165, 1.54) is 18.7 Å². The monoisotopic (exact) mass is 162 g/mol. The maximum absolute atomic E-state index is 5.39. The first kappa shape index (κ1) is 10.3. The zero-order valence-electron chi connectivity index (χ0n) is 6.97. The van der Waals surface area contributed by atoms with Gasteiger partial charge in [0.1, 0.15) is 0 Å². The molecule has 10 heavy (non-hydrogen) atoms. The number of thioether (sulfide) groups is 1. The van der Waals surface area contributed by atoms with Crippen LogP contribution in [0.5, 0.6) is 0 Å². The molecule has 0 aromatic heterocycles. The molecule has 0 atom stereocenters. The SMILES string of the molecule is CSCCCN(C)CCN. The van der Waals surface area contributed by atoms with E-state index in [2.05, 4.69) is 18.2 Å². The highest BCUT2D eigenvalue weighted by molar-refractivity contribution is 7.98. The number of rotatable bonds is 6. The first-order valence-electron chi connectivity index (χ1n) is 3.68. The molecule has 2 N–H and O–H groups in total. The highest BCUT2D eigenvalue weighted by atomic mass is 32.2. The van der Waals surface area contributed by atoms with Crippen molar-refractivity contribution in [2.45, 2.75) is 6.42 Å². The molecule has 3 heteroatoms. The highest BCUT2D eigenvalue weighted by Gasteiger charge is 1.93. The van der Waals surface area contributed by atoms with Crippen LogP contribution in [-0.4, -0.2) is 43.6 Å². The fraction of sp³-hybridized carbons (Fsp3) is 1.00. The zero-order valence-corrected chi connectivity index (χ0v) is 7.78. The second-order valence-electron chi connectivity index (χ2n) is 2.44. The van der Waals surface area contributed by atoms with Crippen molar-refractivity contribution in [2.24, 2.45) is 5.73 Å². The largest absolute Gasteiger partial charge is 0.329 e. The molecular formula is C7H18N2S. The molecule has 2 nitrogen and oxygen atoms in total. The van der Waals surface area contributed by atoms with E-state index < -0.39 is 0 Å². The maximum atomic E-state index is 5.39. The molecule has 0 saturated heterocycles. The summed E-state index contributed by atoms with van der Waals surface area (Å²) >= 11 is 1.90. The van der Waals surface area contributed by atoms with Crippen molar-refractivity contribution >= 4 is 11.8 Å². The Balaban J connectivity index is 2.97. The third kappa shape index (κ3) is 6.39. The molecular weight excluding hydrogens is 144 g/mol. The Morgan fingerprint density at radius 3 is 2.60 bits per heavy atom. The summed E-state index contributed by atoms with van der Waals surface area (Å²) in [6.07, 6.45) is 3.42. The Morgan fingerprint density at radius 2 is 2.10 bits per heavy atom. The molecule has 0 heterocycles. The van der Waals surface area contributed by atoms with Crippen LogP contribution < -0.4 is 5.73 Å². The van der Waals surface area contributed by atoms with E-state index in [0.29, 0.717) is 0 Å². The first-order valence-corrected chi connectivity index (χ1v) is 5.08. The van der Waals surface area contributed by atoms with E-state index in [1.54, 1.807) is 0 Å². The molecule has 0 amide bonds.